The zero-order valence-electron chi connectivity index (χ0n) is 49.8. The number of nitrogens with one attached hydrogen (secondary N) is 2. The fraction of sp³-hybridized carbons (Fsp3) is 0.837. The topological polar surface area (TPSA) is 553 Å². The molecule has 0 aliphatic carbocycles. The van der Waals surface area contributed by atoms with Crippen molar-refractivity contribution in [1.82, 2.24) is 29.9 Å². The highest BCUT2D eigenvalue weighted by Gasteiger charge is 2.50. The van der Waals surface area contributed by atoms with Crippen molar-refractivity contribution in [2.24, 2.45) is 0 Å². The van der Waals surface area contributed by atoms with Crippen molar-refractivity contribution in [2.45, 2.75) is 109 Å². The number of aliphatic hydroxyl groups is 1. The van der Waals surface area contributed by atoms with Gasteiger partial charge in [0.05, 0.1) is 131 Å². The molecule has 41 nitrogen and oxygen atoms in total. The minimum absolute atomic E-state index is 0.00535. The lowest BCUT2D eigenvalue weighted by molar-refractivity contribution is -0.122. The number of phosphoric acid groups is 7. The average molecular weight is 1460 g/mol. The molecule has 8 unspecified atom stereocenters. The van der Waals surface area contributed by atoms with Gasteiger partial charge < -0.3 is 82.6 Å². The number of hydrogen-bond acceptors (Lipinski definition) is 30. The van der Waals surface area contributed by atoms with E-state index in [1.54, 1.807) is 10.9 Å². The van der Waals surface area contributed by atoms with E-state index in [4.69, 9.17) is 46.9 Å². The largest absolute Gasteiger partial charge is 0.490 e. The van der Waals surface area contributed by atoms with E-state index in [1.807, 2.05) is 4.98 Å². The van der Waals surface area contributed by atoms with Crippen molar-refractivity contribution in [3.8, 4) is 0 Å². The van der Waals surface area contributed by atoms with E-state index in [2.05, 4.69) is 53.2 Å². The molecular weight excluding hydrogens is 1380 g/mol. The number of aromatic nitrogens is 5. The van der Waals surface area contributed by atoms with Crippen LogP contribution >= 0.6 is 54.8 Å². The van der Waals surface area contributed by atoms with Crippen LogP contribution in [0.3, 0.4) is 0 Å². The fourth-order valence-electron chi connectivity index (χ4n) is 7.11. The van der Waals surface area contributed by atoms with Crippen molar-refractivity contribution >= 4 is 60.7 Å². The first kappa shape index (κ1) is 83.1. The Balaban J connectivity index is 1.13. The van der Waals surface area contributed by atoms with Crippen molar-refractivity contribution in [1.29, 1.82) is 0 Å². The Morgan fingerprint density at radius 3 is 1.59 bits per heavy atom. The Bertz CT molecular complexity index is 2910. The molecule has 0 radical (unpaired) electrons. The predicted molar refractivity (Wildman–Crippen MR) is 308 cm³/mol. The molecule has 0 saturated carbocycles. The zero-order chi connectivity index (χ0) is 67.5. The van der Waals surface area contributed by atoms with Crippen LogP contribution in [0.25, 0.3) is 0 Å². The molecule has 1 aliphatic heterocycles. The minimum atomic E-state index is -6.52. The second-order valence-corrected chi connectivity index (χ2v) is 29.8. The van der Waals surface area contributed by atoms with E-state index >= 15 is 0 Å². The van der Waals surface area contributed by atoms with E-state index in [0.29, 0.717) is 104 Å². The van der Waals surface area contributed by atoms with Crippen LogP contribution in [0.4, 0.5) is 0 Å². The first-order chi connectivity index (χ1) is 42.8. The summed E-state index contributed by atoms with van der Waals surface area (Å²) in [5.41, 5.74) is -0.871. The highest BCUT2D eigenvalue weighted by molar-refractivity contribution is 7.72. The standard InChI is InChI=1S/C43H83N6O35P7/c1-3-4-15-68-20-23-71-24-25-72-26-27-73-28-29-74-30-31-77-85(54,55)75-17-10-7-11-37-34-48(47-46-37)14-19-70-22-21-69-18-12-40(51)44-13-8-5-6-9-16-76-86(56,57)80-88(60,61)82-90(64,65)84-91(66,67)83-89(62,63)81-87(58,59)78-35-39-38(50)32-41(79-39)49-33-36(2)42(52)45-43(49)53/h33-34,38-39,41,50H,3-32,35H2,1-2H3,(H,44,51)(H,54,55)(H,56,57)(H,58,59)(H,60,61)(H,62,63)(H,64,65)(H,66,67)(H,45,52,53)/t38?,39-,41-/m1/s1. The summed E-state index contributed by atoms with van der Waals surface area (Å²) in [5, 5.41) is 21.1. The molecule has 48 heteroatoms. The smallest absolute Gasteiger partial charge is 0.390 e. The van der Waals surface area contributed by atoms with Gasteiger partial charge in [0.25, 0.3) is 5.56 Å². The van der Waals surface area contributed by atoms with Crippen LogP contribution < -0.4 is 16.6 Å². The summed E-state index contributed by atoms with van der Waals surface area (Å²) in [6, 6.07) is 0. The maximum absolute atomic E-state index is 12.4. The summed E-state index contributed by atoms with van der Waals surface area (Å²) >= 11 is 0. The predicted octanol–water partition coefficient (Wildman–Crippen LogP) is 2.94. The second kappa shape index (κ2) is 43.2. The summed E-state index contributed by atoms with van der Waals surface area (Å²) in [6.07, 6.45) is 3.28. The number of amides is 1. The van der Waals surface area contributed by atoms with Gasteiger partial charge in [-0.3, -0.25) is 37.2 Å². The summed E-state index contributed by atoms with van der Waals surface area (Å²) < 4.78 is 169. The van der Waals surface area contributed by atoms with E-state index in [9.17, 15) is 85.7 Å². The lowest BCUT2D eigenvalue weighted by Gasteiger charge is -2.21. The lowest BCUT2D eigenvalue weighted by atomic mass is 10.2. The Kier molecular flexibility index (Phi) is 39.5. The fourth-order valence-corrected chi connectivity index (χ4v) is 15.7. The molecule has 1 aliphatic rings. The first-order valence-electron chi connectivity index (χ1n) is 28.1. The van der Waals surface area contributed by atoms with Crippen LogP contribution in [0.5, 0.6) is 0 Å². The van der Waals surface area contributed by atoms with Gasteiger partial charge in [-0.25, -0.2) is 41.4 Å². The van der Waals surface area contributed by atoms with Gasteiger partial charge in [-0.05, 0) is 45.4 Å². The number of aliphatic hydroxyl groups excluding tert-OH is 1. The van der Waals surface area contributed by atoms with Gasteiger partial charge in [0.15, 0.2) is 0 Å². The molecule has 91 heavy (non-hydrogen) atoms. The Morgan fingerprint density at radius 1 is 0.571 bits per heavy atom. The van der Waals surface area contributed by atoms with Gasteiger partial charge in [-0.15, -0.1) is 5.10 Å². The molecule has 1 amide bonds. The van der Waals surface area contributed by atoms with E-state index in [-0.39, 0.29) is 83.5 Å². The summed E-state index contributed by atoms with van der Waals surface area (Å²) in [6.45, 7) is 7.36. The number of carbonyl (C=O) groups excluding carboxylic acids is 1. The lowest BCUT2D eigenvalue weighted by Crippen LogP contribution is -2.33. The van der Waals surface area contributed by atoms with Crippen molar-refractivity contribution in [3.05, 3.63) is 44.5 Å². The number of aryl methyl sites for hydroxylation is 2. The summed E-state index contributed by atoms with van der Waals surface area (Å²) in [7, 11) is -41.4. The third-order valence-electron chi connectivity index (χ3n) is 11.3. The molecule has 10 atom stereocenters. The summed E-state index contributed by atoms with van der Waals surface area (Å²) in [4.78, 5) is 107. The zero-order valence-corrected chi connectivity index (χ0v) is 56.1. The molecule has 530 valence electrons. The number of ether oxygens (including phenoxy) is 8. The van der Waals surface area contributed by atoms with E-state index < -0.39 is 97.7 Å². The SMILES string of the molecule is CCCCOCCOCCOCCOCCOCCOP(=O)(O)OCCCCc1cn(CCOCCOCCC(=O)NCCCCCCOP(=O)(O)OP(=O)(O)OP(=O)(O)OP(=O)(O)OP(=O)(O)OP(=O)(O)OC[C@H]2O[C@@H](n3cc(C)c(=O)[nH]c3=O)CC2O)nn1. The molecule has 0 spiro atoms. The molecule has 1 fully saturated rings. The normalized spacial score (nSPS) is 20.0. The van der Waals surface area contributed by atoms with Crippen molar-refractivity contribution in [3.63, 3.8) is 0 Å². The highest BCUT2D eigenvalue weighted by atomic mass is 31.3. The number of unbranched alkanes of at least 4 members (excludes halogenated alkanes) is 5. The minimum Gasteiger partial charge on any atom is -0.390 e. The van der Waals surface area contributed by atoms with E-state index in [1.165, 1.54) is 6.92 Å². The van der Waals surface area contributed by atoms with Crippen LogP contribution in [0.15, 0.2) is 22.0 Å². The quantitative estimate of drug-likeness (QED) is 0.0336. The molecule has 2 aromatic rings. The maximum Gasteiger partial charge on any atom is 0.490 e. The Morgan fingerprint density at radius 2 is 1.03 bits per heavy atom. The average Bonchev–Trinajstić information content (AvgIpc) is 2.13. The van der Waals surface area contributed by atoms with Crippen molar-refractivity contribution < 1.29 is 154 Å². The number of aromatic amines is 1. The number of nitrogens with zero attached hydrogens (tertiary/aromatic N) is 4. The van der Waals surface area contributed by atoms with Crippen molar-refractivity contribution in [2.75, 3.05) is 125 Å². The maximum atomic E-state index is 12.4. The van der Waals surface area contributed by atoms with Crippen LogP contribution in [-0.2, 0) is 127 Å². The number of hydrogen-bond donors (Lipinski definition) is 10. The Hall–Kier alpha value is -2.10. The molecule has 3 rings (SSSR count). The van der Waals surface area contributed by atoms with Gasteiger partial charge in [0, 0.05) is 44.0 Å². The number of H-pyrrole nitrogens is 1. The summed E-state index contributed by atoms with van der Waals surface area (Å²) in [5.74, 6) is -0.303. The Labute approximate surface area is 522 Å². The molecule has 2 aromatic heterocycles. The van der Waals surface area contributed by atoms with Crippen LogP contribution in [0.1, 0.15) is 88.6 Å². The molecular formula is C43H83N6O35P7. The van der Waals surface area contributed by atoms with Gasteiger partial charge in [-0.2, -0.15) is 21.6 Å². The van der Waals surface area contributed by atoms with Gasteiger partial charge in [0.1, 0.15) is 12.3 Å². The van der Waals surface area contributed by atoms with Gasteiger partial charge in [0.2, 0.25) is 5.91 Å². The molecule has 3 heterocycles. The van der Waals surface area contributed by atoms with Crippen LogP contribution in [0, 0.1) is 6.92 Å². The first-order valence-corrected chi connectivity index (χ1v) is 38.6. The number of rotatable bonds is 56. The molecule has 1 saturated heterocycles. The third kappa shape index (κ3) is 39.6. The van der Waals surface area contributed by atoms with Crippen LogP contribution in [0.2, 0.25) is 0 Å². The molecule has 0 aromatic carbocycles. The number of phosphoric ester groups is 3. The number of carbonyl (C=O) groups is 1. The third-order valence-corrected chi connectivity index (χ3v) is 21.6. The van der Waals surface area contributed by atoms with Gasteiger partial charge in [-0.1, -0.05) is 31.4 Å². The monoisotopic (exact) mass is 1460 g/mol. The van der Waals surface area contributed by atoms with Crippen LogP contribution in [-0.4, -0.2) is 207 Å². The highest BCUT2D eigenvalue weighted by Crippen LogP contribution is 2.75. The molecule has 10 N–H and O–H groups in total. The van der Waals surface area contributed by atoms with E-state index in [0.717, 1.165) is 30.2 Å². The second-order valence-electron chi connectivity index (χ2n) is 19.0. The molecule has 0 bridgehead atoms. The van der Waals surface area contributed by atoms with Gasteiger partial charge >= 0.3 is 60.4 Å².